The Morgan fingerprint density at radius 2 is 2.16 bits per heavy atom. The van der Waals surface area contributed by atoms with Crippen LogP contribution in [0.5, 0.6) is 0 Å². The molecule has 0 aliphatic carbocycles. The number of aliphatic carboxylic acids is 1. The van der Waals surface area contributed by atoms with Crippen LogP contribution in [0, 0.1) is 18.7 Å². The van der Waals surface area contributed by atoms with E-state index in [1.807, 2.05) is 0 Å². The second-order valence-corrected chi connectivity index (χ2v) is 5.30. The summed E-state index contributed by atoms with van der Waals surface area (Å²) in [6.45, 7) is 3.58. The summed E-state index contributed by atoms with van der Waals surface area (Å²) in [5.74, 6) is -0.672. The number of carboxylic acids is 1. The summed E-state index contributed by atoms with van der Waals surface area (Å²) >= 11 is 0. The molecule has 2 N–H and O–H groups in total. The van der Waals surface area contributed by atoms with E-state index in [-0.39, 0.29) is 18.2 Å². The Kier molecular flexibility index (Phi) is 4.53. The second-order valence-electron chi connectivity index (χ2n) is 5.30. The van der Waals surface area contributed by atoms with Gasteiger partial charge >= 0.3 is 5.97 Å². The van der Waals surface area contributed by atoms with Crippen molar-refractivity contribution in [1.29, 1.82) is 0 Å². The first-order valence-electron chi connectivity index (χ1n) is 6.76. The number of carbonyl (C=O) groups is 1. The summed E-state index contributed by atoms with van der Waals surface area (Å²) in [5, 5.41) is 12.4. The molecular formula is C15H20FNO2. The van der Waals surface area contributed by atoms with Crippen LogP contribution in [-0.4, -0.2) is 24.2 Å². The van der Waals surface area contributed by atoms with Crippen LogP contribution in [0.25, 0.3) is 0 Å². The topological polar surface area (TPSA) is 49.3 Å². The molecule has 104 valence electrons. The van der Waals surface area contributed by atoms with Gasteiger partial charge in [0.2, 0.25) is 0 Å². The molecule has 1 saturated heterocycles. The van der Waals surface area contributed by atoms with E-state index in [0.29, 0.717) is 11.5 Å². The zero-order chi connectivity index (χ0) is 13.8. The van der Waals surface area contributed by atoms with Crippen molar-refractivity contribution in [2.45, 2.75) is 32.1 Å². The van der Waals surface area contributed by atoms with Gasteiger partial charge in [0, 0.05) is 0 Å². The SMILES string of the molecule is Cc1cc(C(CC(=O)O)C2CCNCC2)ccc1F. The molecule has 1 aliphatic rings. The number of nitrogens with one attached hydrogen (secondary N) is 1. The van der Waals surface area contributed by atoms with Crippen molar-refractivity contribution in [2.24, 2.45) is 5.92 Å². The van der Waals surface area contributed by atoms with Gasteiger partial charge < -0.3 is 10.4 Å². The van der Waals surface area contributed by atoms with Crippen LogP contribution >= 0.6 is 0 Å². The molecule has 0 amide bonds. The van der Waals surface area contributed by atoms with Crippen molar-refractivity contribution < 1.29 is 14.3 Å². The van der Waals surface area contributed by atoms with E-state index in [4.69, 9.17) is 5.11 Å². The monoisotopic (exact) mass is 265 g/mol. The van der Waals surface area contributed by atoms with E-state index in [2.05, 4.69) is 5.32 Å². The van der Waals surface area contributed by atoms with Gasteiger partial charge in [-0.25, -0.2) is 4.39 Å². The highest BCUT2D eigenvalue weighted by atomic mass is 19.1. The highest BCUT2D eigenvalue weighted by Crippen LogP contribution is 2.34. The maximum atomic E-state index is 13.3. The van der Waals surface area contributed by atoms with Crippen molar-refractivity contribution in [1.82, 2.24) is 5.32 Å². The first kappa shape index (κ1) is 14.0. The zero-order valence-electron chi connectivity index (χ0n) is 11.2. The van der Waals surface area contributed by atoms with Crippen LogP contribution in [0.1, 0.15) is 36.3 Å². The number of piperidine rings is 1. The quantitative estimate of drug-likeness (QED) is 0.880. The maximum absolute atomic E-state index is 13.3. The summed E-state index contributed by atoms with van der Waals surface area (Å²) in [4.78, 5) is 11.1. The Bertz CT molecular complexity index is 455. The highest BCUT2D eigenvalue weighted by molar-refractivity contribution is 5.68. The molecular weight excluding hydrogens is 245 g/mol. The fourth-order valence-electron chi connectivity index (χ4n) is 2.89. The minimum absolute atomic E-state index is 0.0149. The summed E-state index contributed by atoms with van der Waals surface area (Å²) in [5.41, 5.74) is 1.54. The Hall–Kier alpha value is -1.42. The molecule has 0 spiro atoms. The van der Waals surface area contributed by atoms with E-state index in [0.717, 1.165) is 31.5 Å². The number of aryl methyl sites for hydroxylation is 1. The van der Waals surface area contributed by atoms with Gasteiger partial charge in [-0.15, -0.1) is 0 Å². The van der Waals surface area contributed by atoms with Gasteiger partial charge in [0.05, 0.1) is 6.42 Å². The van der Waals surface area contributed by atoms with Crippen molar-refractivity contribution in [3.8, 4) is 0 Å². The van der Waals surface area contributed by atoms with Gasteiger partial charge in [-0.1, -0.05) is 12.1 Å². The number of rotatable bonds is 4. The molecule has 1 unspecified atom stereocenters. The van der Waals surface area contributed by atoms with Crippen molar-refractivity contribution in [3.63, 3.8) is 0 Å². The average molecular weight is 265 g/mol. The molecule has 0 aromatic heterocycles. The van der Waals surface area contributed by atoms with Crippen LogP contribution in [-0.2, 0) is 4.79 Å². The van der Waals surface area contributed by atoms with Crippen LogP contribution < -0.4 is 5.32 Å². The molecule has 19 heavy (non-hydrogen) atoms. The molecule has 0 bridgehead atoms. The van der Waals surface area contributed by atoms with Gasteiger partial charge in [-0.3, -0.25) is 4.79 Å². The summed E-state index contributed by atoms with van der Waals surface area (Å²) < 4.78 is 13.3. The molecule has 3 nitrogen and oxygen atoms in total. The van der Waals surface area contributed by atoms with Gasteiger partial charge in [-0.2, -0.15) is 0 Å². The summed E-state index contributed by atoms with van der Waals surface area (Å²) in [6, 6.07) is 4.98. The smallest absolute Gasteiger partial charge is 0.303 e. The molecule has 1 heterocycles. The predicted molar refractivity (Wildman–Crippen MR) is 71.7 cm³/mol. The third-order valence-corrected chi connectivity index (χ3v) is 3.96. The lowest BCUT2D eigenvalue weighted by Crippen LogP contribution is -2.31. The summed E-state index contributed by atoms with van der Waals surface area (Å²) in [6.07, 6.45) is 2.08. The van der Waals surface area contributed by atoms with Gasteiger partial charge in [0.15, 0.2) is 0 Å². The molecule has 4 heteroatoms. The highest BCUT2D eigenvalue weighted by Gasteiger charge is 2.27. The summed E-state index contributed by atoms with van der Waals surface area (Å²) in [7, 11) is 0. The molecule has 1 aromatic carbocycles. The minimum Gasteiger partial charge on any atom is -0.481 e. The third-order valence-electron chi connectivity index (χ3n) is 3.96. The van der Waals surface area contributed by atoms with Crippen LogP contribution in [0.2, 0.25) is 0 Å². The fraction of sp³-hybridized carbons (Fsp3) is 0.533. The van der Waals surface area contributed by atoms with E-state index in [1.54, 1.807) is 19.1 Å². The Morgan fingerprint density at radius 1 is 1.47 bits per heavy atom. The minimum atomic E-state index is -0.787. The van der Waals surface area contributed by atoms with Crippen molar-refractivity contribution in [3.05, 3.63) is 35.1 Å². The van der Waals surface area contributed by atoms with E-state index >= 15 is 0 Å². The van der Waals surface area contributed by atoms with Crippen LogP contribution in [0.15, 0.2) is 18.2 Å². The Balaban J connectivity index is 2.24. The average Bonchev–Trinajstić information content (AvgIpc) is 2.40. The zero-order valence-corrected chi connectivity index (χ0v) is 11.2. The number of carboxylic acid groups (broad SMARTS) is 1. The molecule has 2 rings (SSSR count). The number of benzene rings is 1. The second kappa shape index (κ2) is 6.15. The Labute approximate surface area is 112 Å². The van der Waals surface area contributed by atoms with Gasteiger partial charge in [-0.05, 0) is 61.9 Å². The Morgan fingerprint density at radius 3 is 2.74 bits per heavy atom. The third kappa shape index (κ3) is 3.53. The first-order chi connectivity index (χ1) is 9.08. The van der Waals surface area contributed by atoms with Gasteiger partial charge in [0.25, 0.3) is 0 Å². The normalized spacial score (nSPS) is 18.2. The molecule has 1 atom stereocenters. The standard InChI is InChI=1S/C15H20FNO2/c1-10-8-12(2-3-14(10)16)13(9-15(18)19)11-4-6-17-7-5-11/h2-3,8,11,13,17H,4-7,9H2,1H3,(H,18,19). The maximum Gasteiger partial charge on any atom is 0.303 e. The number of halogens is 1. The van der Waals surface area contributed by atoms with Crippen LogP contribution in [0.3, 0.4) is 0 Å². The number of hydrogen-bond donors (Lipinski definition) is 2. The fourth-order valence-corrected chi connectivity index (χ4v) is 2.89. The van der Waals surface area contributed by atoms with Gasteiger partial charge in [0.1, 0.15) is 5.82 Å². The molecule has 1 aliphatic heterocycles. The van der Waals surface area contributed by atoms with E-state index < -0.39 is 5.97 Å². The van der Waals surface area contributed by atoms with E-state index in [9.17, 15) is 9.18 Å². The van der Waals surface area contributed by atoms with E-state index in [1.165, 1.54) is 6.07 Å². The lowest BCUT2D eigenvalue weighted by molar-refractivity contribution is -0.137. The van der Waals surface area contributed by atoms with Crippen molar-refractivity contribution in [2.75, 3.05) is 13.1 Å². The number of hydrogen-bond acceptors (Lipinski definition) is 2. The molecule has 0 saturated carbocycles. The largest absolute Gasteiger partial charge is 0.481 e. The first-order valence-corrected chi connectivity index (χ1v) is 6.76. The van der Waals surface area contributed by atoms with Crippen LogP contribution in [0.4, 0.5) is 4.39 Å². The molecule has 0 radical (unpaired) electrons. The molecule has 1 fully saturated rings. The lowest BCUT2D eigenvalue weighted by Gasteiger charge is -2.30. The van der Waals surface area contributed by atoms with Crippen molar-refractivity contribution >= 4 is 5.97 Å². The predicted octanol–water partition coefficient (Wildman–Crippen LogP) is 2.69. The molecule has 1 aromatic rings. The lowest BCUT2D eigenvalue weighted by atomic mass is 9.78.